The number of nitrogens with zero attached hydrogens (tertiary/aromatic N) is 2. The molecule has 0 saturated carbocycles. The summed E-state index contributed by atoms with van der Waals surface area (Å²) in [4.78, 5) is 15.8. The maximum absolute atomic E-state index is 14.2. The summed E-state index contributed by atoms with van der Waals surface area (Å²) in [5.41, 5.74) is -1.47. The molecule has 0 aliphatic rings. The van der Waals surface area contributed by atoms with E-state index in [1.807, 2.05) is 13.0 Å². The van der Waals surface area contributed by atoms with Crippen LogP contribution in [-0.2, 0) is 12.5 Å². The summed E-state index contributed by atoms with van der Waals surface area (Å²) < 4.78 is 68.8. The predicted molar refractivity (Wildman–Crippen MR) is 107 cm³/mol. The van der Waals surface area contributed by atoms with E-state index in [9.17, 15) is 26.7 Å². The highest BCUT2D eigenvalue weighted by molar-refractivity contribution is 5.66. The molecule has 3 nitrogen and oxygen atoms in total. The lowest BCUT2D eigenvalue weighted by Crippen LogP contribution is -2.36. The molecule has 0 saturated heterocycles. The third-order valence-electron chi connectivity index (χ3n) is 4.98. The third kappa shape index (κ3) is 4.08. The number of pyridine rings is 1. The zero-order valence-electron chi connectivity index (χ0n) is 16.6. The quantitative estimate of drug-likeness (QED) is 0.347. The first-order valence-electron chi connectivity index (χ1n) is 9.19. The van der Waals surface area contributed by atoms with E-state index in [0.29, 0.717) is 11.6 Å². The van der Waals surface area contributed by atoms with Gasteiger partial charge in [-0.2, -0.15) is 22.0 Å². The van der Waals surface area contributed by atoms with Gasteiger partial charge in [-0.1, -0.05) is 54.1 Å². The molecular weight excluding hydrogens is 415 g/mol. The number of hydrogen-bond acceptors (Lipinski definition) is 1. The van der Waals surface area contributed by atoms with E-state index in [1.165, 1.54) is 12.1 Å². The molecule has 0 unspecified atom stereocenters. The van der Waals surface area contributed by atoms with Gasteiger partial charge >= 0.3 is 12.1 Å². The maximum atomic E-state index is 14.2. The smallest absolute Gasteiger partial charge is 0.313 e. The number of aryl methyl sites for hydroxylation is 2. The Morgan fingerprint density at radius 2 is 1.61 bits per heavy atom. The standard InChI is InChI=1S/C23H17F5N2O/c1-14-9-10-17(15(2)11-14)13-30-19(16-7-5-4-6-8-16)12-18(20(29-3)21(30)31)22(24,25)23(26,27)28/h4-12H,13H2,1-2H3. The van der Waals surface area contributed by atoms with Gasteiger partial charge in [0.1, 0.15) is 0 Å². The molecule has 3 rings (SSSR count). The maximum Gasteiger partial charge on any atom is 0.456 e. The SMILES string of the molecule is [C-]#[N+]c1c(C(F)(F)C(F)(F)F)cc(-c2ccccc2)n(Cc2ccc(C)cc2C)c1=O. The summed E-state index contributed by atoms with van der Waals surface area (Å²) in [5, 5.41) is 0. The van der Waals surface area contributed by atoms with E-state index in [4.69, 9.17) is 6.57 Å². The summed E-state index contributed by atoms with van der Waals surface area (Å²) in [7, 11) is 0. The lowest BCUT2D eigenvalue weighted by Gasteiger charge is -2.24. The fraction of sp³-hybridized carbons (Fsp3) is 0.217. The molecule has 31 heavy (non-hydrogen) atoms. The van der Waals surface area contributed by atoms with Crippen LogP contribution in [0.25, 0.3) is 16.1 Å². The van der Waals surface area contributed by atoms with Crippen molar-refractivity contribution in [2.24, 2.45) is 0 Å². The van der Waals surface area contributed by atoms with Crippen LogP contribution in [-0.4, -0.2) is 10.7 Å². The van der Waals surface area contributed by atoms with Gasteiger partial charge in [0.05, 0.1) is 13.1 Å². The zero-order valence-corrected chi connectivity index (χ0v) is 16.6. The highest BCUT2D eigenvalue weighted by atomic mass is 19.4. The largest absolute Gasteiger partial charge is 0.456 e. The molecule has 3 aromatic rings. The number of halogens is 5. The molecule has 0 spiro atoms. The van der Waals surface area contributed by atoms with Gasteiger partial charge in [0.2, 0.25) is 0 Å². The minimum Gasteiger partial charge on any atom is -0.313 e. The van der Waals surface area contributed by atoms with Gasteiger partial charge in [0.25, 0.3) is 11.2 Å². The number of benzene rings is 2. The Morgan fingerprint density at radius 1 is 0.968 bits per heavy atom. The molecule has 8 heteroatoms. The molecule has 0 N–H and O–H groups in total. The molecule has 1 aromatic heterocycles. The van der Waals surface area contributed by atoms with E-state index in [-0.39, 0.29) is 17.8 Å². The Morgan fingerprint density at radius 3 is 2.16 bits per heavy atom. The van der Waals surface area contributed by atoms with E-state index in [0.717, 1.165) is 15.7 Å². The van der Waals surface area contributed by atoms with Crippen molar-refractivity contribution < 1.29 is 22.0 Å². The van der Waals surface area contributed by atoms with Crippen molar-refractivity contribution in [3.8, 4) is 11.3 Å². The molecule has 0 amide bonds. The topological polar surface area (TPSA) is 26.4 Å². The Hall–Kier alpha value is -3.47. The zero-order chi connectivity index (χ0) is 23.0. The van der Waals surface area contributed by atoms with E-state index in [2.05, 4.69) is 4.85 Å². The van der Waals surface area contributed by atoms with Crippen molar-refractivity contribution in [1.82, 2.24) is 4.57 Å². The molecular formula is C23H17F5N2O. The first-order chi connectivity index (χ1) is 14.5. The highest BCUT2D eigenvalue weighted by Gasteiger charge is 2.60. The number of aromatic nitrogens is 1. The van der Waals surface area contributed by atoms with Gasteiger partial charge in [0, 0.05) is 11.3 Å². The van der Waals surface area contributed by atoms with Crippen LogP contribution in [0, 0.1) is 20.4 Å². The van der Waals surface area contributed by atoms with Crippen molar-refractivity contribution >= 4 is 5.69 Å². The van der Waals surface area contributed by atoms with Gasteiger partial charge in [-0.15, -0.1) is 0 Å². The van der Waals surface area contributed by atoms with Crippen LogP contribution < -0.4 is 5.56 Å². The van der Waals surface area contributed by atoms with Crippen LogP contribution in [0.15, 0.2) is 59.4 Å². The molecule has 0 radical (unpaired) electrons. The van der Waals surface area contributed by atoms with Crippen LogP contribution >= 0.6 is 0 Å². The first kappa shape index (κ1) is 22.2. The highest BCUT2D eigenvalue weighted by Crippen LogP contribution is 2.47. The van der Waals surface area contributed by atoms with Crippen LogP contribution in [0.3, 0.4) is 0 Å². The van der Waals surface area contributed by atoms with E-state index < -0.39 is 28.9 Å². The predicted octanol–water partition coefficient (Wildman–Crippen LogP) is 6.39. The van der Waals surface area contributed by atoms with Crippen LogP contribution in [0.5, 0.6) is 0 Å². The molecule has 0 aliphatic heterocycles. The molecule has 2 aromatic carbocycles. The van der Waals surface area contributed by atoms with Crippen molar-refractivity contribution in [3.05, 3.63) is 98.6 Å². The minimum atomic E-state index is -5.95. The molecule has 160 valence electrons. The van der Waals surface area contributed by atoms with Crippen molar-refractivity contribution in [1.29, 1.82) is 0 Å². The summed E-state index contributed by atoms with van der Waals surface area (Å²) in [6.07, 6.45) is -5.95. The molecule has 0 atom stereocenters. The minimum absolute atomic E-state index is 0.0877. The normalized spacial score (nSPS) is 11.9. The average Bonchev–Trinajstić information content (AvgIpc) is 2.70. The number of hydrogen-bond donors (Lipinski definition) is 0. The Labute approximate surface area is 175 Å². The summed E-state index contributed by atoms with van der Waals surface area (Å²) in [6, 6.07) is 13.8. The first-order valence-corrected chi connectivity index (χ1v) is 9.19. The van der Waals surface area contributed by atoms with Gasteiger partial charge in [-0.3, -0.25) is 4.79 Å². The lowest BCUT2D eigenvalue weighted by molar-refractivity contribution is -0.289. The fourth-order valence-electron chi connectivity index (χ4n) is 3.33. The summed E-state index contributed by atoms with van der Waals surface area (Å²) in [6.45, 7) is 10.7. The Kier molecular flexibility index (Phi) is 5.72. The van der Waals surface area contributed by atoms with Crippen molar-refractivity contribution in [3.63, 3.8) is 0 Å². The molecule has 0 bridgehead atoms. The molecule has 0 fully saturated rings. The van der Waals surface area contributed by atoms with Crippen LogP contribution in [0.2, 0.25) is 0 Å². The molecule has 0 aliphatic carbocycles. The average molecular weight is 432 g/mol. The van der Waals surface area contributed by atoms with Crippen LogP contribution in [0.4, 0.5) is 27.6 Å². The van der Waals surface area contributed by atoms with E-state index in [1.54, 1.807) is 37.3 Å². The lowest BCUT2D eigenvalue weighted by atomic mass is 10.0. The molecule has 1 heterocycles. The van der Waals surface area contributed by atoms with Gasteiger partial charge in [0.15, 0.2) is 0 Å². The number of rotatable bonds is 4. The summed E-state index contributed by atoms with van der Waals surface area (Å²) >= 11 is 0. The second-order valence-electron chi connectivity index (χ2n) is 7.16. The monoisotopic (exact) mass is 432 g/mol. The summed E-state index contributed by atoms with van der Waals surface area (Å²) in [5.74, 6) is -5.35. The van der Waals surface area contributed by atoms with Crippen molar-refractivity contribution in [2.75, 3.05) is 0 Å². The Bertz CT molecular complexity index is 1220. The second-order valence-corrected chi connectivity index (χ2v) is 7.16. The fourth-order valence-corrected chi connectivity index (χ4v) is 3.33. The number of alkyl halides is 5. The van der Waals surface area contributed by atoms with Crippen molar-refractivity contribution in [2.45, 2.75) is 32.5 Å². The van der Waals surface area contributed by atoms with Gasteiger partial charge in [-0.25, -0.2) is 4.85 Å². The van der Waals surface area contributed by atoms with Crippen LogP contribution in [0.1, 0.15) is 22.3 Å². The second kappa shape index (κ2) is 7.99. The third-order valence-corrected chi connectivity index (χ3v) is 4.98. The Balaban J connectivity index is 2.35. The van der Waals surface area contributed by atoms with Gasteiger partial charge < -0.3 is 4.57 Å². The van der Waals surface area contributed by atoms with E-state index >= 15 is 0 Å². The van der Waals surface area contributed by atoms with Gasteiger partial charge in [-0.05, 0) is 36.6 Å².